The average molecular weight is 1230 g/mol. The van der Waals surface area contributed by atoms with Crippen molar-refractivity contribution in [2.45, 2.75) is 360 Å². The lowest BCUT2D eigenvalue weighted by molar-refractivity contribution is -0.870. The molecule has 0 saturated carbocycles. The van der Waals surface area contributed by atoms with Crippen LogP contribution in [0.15, 0.2) is 72.9 Å². The molecular formula is C76H142N2O7P+. The van der Waals surface area contributed by atoms with Crippen LogP contribution in [-0.4, -0.2) is 74.3 Å². The predicted octanol–water partition coefficient (Wildman–Crippen LogP) is 23.5. The van der Waals surface area contributed by atoms with E-state index in [9.17, 15) is 19.0 Å². The standard InChI is InChI=1S/C76H141N2O7P/c1-7-10-13-16-19-22-25-28-30-32-34-36-38-39-41-42-44-46-48-50-53-56-59-62-65-68-75(79)77-73(72-84-86(81,82)83-71-70-78(4,5)6)74(67-64-61-58-55-52-27-24-21-18-15-12-9-3)85-76(80)69-66-63-60-57-54-51-49-47-45-43-40-37-35-33-31-29-26-23-20-17-14-11-8-2/h10,13,19,22,28,30,34,36,39,41,64,67,73-74H,7-9,11-12,14-18,20-21,23-27,29,31-33,35,37-38,40,42-63,65-66,68-72H2,1-6H3,(H-,77,79,81,82)/p+1/b13-10-,22-19-,30-28-,36-34-,41-39-,67-64+. The van der Waals surface area contributed by atoms with Crippen molar-refractivity contribution in [2.24, 2.45) is 0 Å². The molecule has 0 rings (SSSR count). The normalized spacial score (nSPS) is 13.9. The predicted molar refractivity (Wildman–Crippen MR) is 374 cm³/mol. The quantitative estimate of drug-likeness (QED) is 0.0205. The fourth-order valence-corrected chi connectivity index (χ4v) is 11.5. The second-order valence-corrected chi connectivity index (χ2v) is 27.5. The van der Waals surface area contributed by atoms with Crippen molar-refractivity contribution in [3.8, 4) is 0 Å². The van der Waals surface area contributed by atoms with Crippen LogP contribution >= 0.6 is 7.82 Å². The Hall–Kier alpha value is -2.55. The van der Waals surface area contributed by atoms with Crippen molar-refractivity contribution < 1.29 is 37.3 Å². The largest absolute Gasteiger partial charge is 0.472 e. The maximum absolute atomic E-state index is 13.6. The molecule has 0 aromatic rings. The molecule has 502 valence electrons. The first-order valence-corrected chi connectivity index (χ1v) is 38.3. The number of nitrogens with zero attached hydrogens (tertiary/aromatic N) is 1. The van der Waals surface area contributed by atoms with Gasteiger partial charge in [0.2, 0.25) is 5.91 Å². The van der Waals surface area contributed by atoms with E-state index in [-0.39, 0.29) is 25.1 Å². The van der Waals surface area contributed by atoms with E-state index in [4.69, 9.17) is 13.8 Å². The fourth-order valence-electron chi connectivity index (χ4n) is 10.8. The van der Waals surface area contributed by atoms with Crippen molar-refractivity contribution >= 4 is 19.7 Å². The number of carbonyl (C=O) groups is 2. The van der Waals surface area contributed by atoms with Crippen molar-refractivity contribution in [3.05, 3.63) is 72.9 Å². The Morgan fingerprint density at radius 3 is 1.12 bits per heavy atom. The Balaban J connectivity index is 5.03. The summed E-state index contributed by atoms with van der Waals surface area (Å²) in [7, 11) is 1.50. The van der Waals surface area contributed by atoms with Gasteiger partial charge in [0, 0.05) is 12.8 Å². The molecule has 10 heteroatoms. The summed E-state index contributed by atoms with van der Waals surface area (Å²) in [4.78, 5) is 37.9. The zero-order valence-electron chi connectivity index (χ0n) is 57.6. The molecule has 86 heavy (non-hydrogen) atoms. The van der Waals surface area contributed by atoms with Gasteiger partial charge in [-0.2, -0.15) is 0 Å². The molecule has 3 atom stereocenters. The first kappa shape index (κ1) is 83.5. The van der Waals surface area contributed by atoms with Gasteiger partial charge in [-0.25, -0.2) is 4.57 Å². The van der Waals surface area contributed by atoms with Gasteiger partial charge in [-0.05, 0) is 76.7 Å². The zero-order chi connectivity index (χ0) is 62.8. The molecule has 1 amide bonds. The van der Waals surface area contributed by atoms with Gasteiger partial charge in [-0.1, -0.05) is 332 Å². The monoisotopic (exact) mass is 1230 g/mol. The summed E-state index contributed by atoms with van der Waals surface area (Å²) < 4.78 is 30.9. The highest BCUT2D eigenvalue weighted by molar-refractivity contribution is 7.47. The van der Waals surface area contributed by atoms with Gasteiger partial charge in [0.05, 0.1) is 33.8 Å². The van der Waals surface area contributed by atoms with E-state index in [1.54, 1.807) is 0 Å². The third kappa shape index (κ3) is 65.9. The molecule has 0 heterocycles. The topological polar surface area (TPSA) is 111 Å². The van der Waals surface area contributed by atoms with E-state index in [1.807, 2.05) is 33.3 Å². The molecular weight excluding hydrogens is 1080 g/mol. The molecule has 9 nitrogen and oxygen atoms in total. The van der Waals surface area contributed by atoms with Crippen LogP contribution in [0.1, 0.15) is 348 Å². The molecule has 0 saturated heterocycles. The highest BCUT2D eigenvalue weighted by atomic mass is 31.2. The summed E-state index contributed by atoms with van der Waals surface area (Å²) in [5.41, 5.74) is 0. The van der Waals surface area contributed by atoms with E-state index < -0.39 is 20.0 Å². The highest BCUT2D eigenvalue weighted by Crippen LogP contribution is 2.43. The maximum atomic E-state index is 13.6. The third-order valence-electron chi connectivity index (χ3n) is 16.4. The van der Waals surface area contributed by atoms with E-state index in [0.29, 0.717) is 23.9 Å². The van der Waals surface area contributed by atoms with E-state index >= 15 is 0 Å². The first-order valence-electron chi connectivity index (χ1n) is 36.8. The van der Waals surface area contributed by atoms with Crippen molar-refractivity contribution in [1.29, 1.82) is 0 Å². The van der Waals surface area contributed by atoms with E-state index in [0.717, 1.165) is 103 Å². The number of ether oxygens (including phenoxy) is 1. The second-order valence-electron chi connectivity index (χ2n) is 26.1. The number of unbranched alkanes of at least 4 members (excludes halogenated alkanes) is 41. The van der Waals surface area contributed by atoms with Crippen LogP contribution in [0.25, 0.3) is 0 Å². The van der Waals surface area contributed by atoms with Gasteiger partial charge in [0.25, 0.3) is 0 Å². The number of amides is 1. The summed E-state index contributed by atoms with van der Waals surface area (Å²) >= 11 is 0. The number of hydrogen-bond donors (Lipinski definition) is 2. The Kier molecular flexibility index (Phi) is 63.5. The van der Waals surface area contributed by atoms with Gasteiger partial charge in [0.15, 0.2) is 0 Å². The molecule has 0 spiro atoms. The van der Waals surface area contributed by atoms with Gasteiger partial charge in [0.1, 0.15) is 19.3 Å². The summed E-state index contributed by atoms with van der Waals surface area (Å²) in [5, 5.41) is 3.07. The number of carbonyl (C=O) groups excluding carboxylic acids is 2. The van der Waals surface area contributed by atoms with Crippen LogP contribution in [0.5, 0.6) is 0 Å². The number of hydrogen-bond acceptors (Lipinski definition) is 6. The minimum atomic E-state index is -4.46. The lowest BCUT2D eigenvalue weighted by Crippen LogP contribution is -2.47. The smallest absolute Gasteiger partial charge is 0.456 e. The van der Waals surface area contributed by atoms with Crippen LogP contribution in [0.2, 0.25) is 0 Å². The molecule has 0 radical (unpaired) electrons. The Labute approximate surface area is 533 Å². The van der Waals surface area contributed by atoms with Crippen LogP contribution in [0.3, 0.4) is 0 Å². The fraction of sp³-hybridized carbons (Fsp3) is 0.816. The molecule has 0 aromatic heterocycles. The lowest BCUT2D eigenvalue weighted by Gasteiger charge is -2.27. The minimum Gasteiger partial charge on any atom is -0.456 e. The van der Waals surface area contributed by atoms with Crippen LogP contribution in [0.4, 0.5) is 0 Å². The molecule has 0 bridgehead atoms. The molecule has 0 aliphatic carbocycles. The third-order valence-corrected chi connectivity index (χ3v) is 17.4. The van der Waals surface area contributed by atoms with Crippen molar-refractivity contribution in [2.75, 3.05) is 40.9 Å². The number of quaternary nitrogens is 1. The maximum Gasteiger partial charge on any atom is 0.472 e. The van der Waals surface area contributed by atoms with Crippen molar-refractivity contribution in [1.82, 2.24) is 5.32 Å². The van der Waals surface area contributed by atoms with Crippen LogP contribution < -0.4 is 5.32 Å². The average Bonchev–Trinajstić information content (AvgIpc) is 3.69. The van der Waals surface area contributed by atoms with E-state index in [2.05, 4.69) is 86.8 Å². The molecule has 3 unspecified atom stereocenters. The molecule has 0 aliphatic heterocycles. The Bertz CT molecular complexity index is 1700. The SMILES string of the molecule is CC/C=C\C/C=C\C/C=C\C/C=C\C/C=C\CCCCCCCCCCCC(=O)NC(COP(=O)(O)OCC[N+](C)(C)C)C(/C=C/CCCCCCCCCCCC)OC(=O)CCCCCCCCCCCCCCCCCCCCCCCCC. The Morgan fingerprint density at radius 2 is 0.744 bits per heavy atom. The second kappa shape index (κ2) is 65.4. The summed E-state index contributed by atoms with van der Waals surface area (Å²) in [6, 6.07) is -0.853. The molecule has 0 fully saturated rings. The lowest BCUT2D eigenvalue weighted by atomic mass is 10.0. The highest BCUT2D eigenvalue weighted by Gasteiger charge is 2.30. The summed E-state index contributed by atoms with van der Waals surface area (Å²) in [6.07, 6.45) is 86.3. The number of phosphoric ester groups is 1. The van der Waals surface area contributed by atoms with Crippen LogP contribution in [-0.2, 0) is 27.9 Å². The molecule has 2 N–H and O–H groups in total. The number of allylic oxidation sites excluding steroid dienone is 11. The zero-order valence-corrected chi connectivity index (χ0v) is 58.5. The summed E-state index contributed by atoms with van der Waals surface area (Å²) in [6.45, 7) is 6.94. The van der Waals surface area contributed by atoms with Gasteiger partial charge in [-0.3, -0.25) is 18.6 Å². The number of likely N-dealkylation sites (N-methyl/N-ethyl adjacent to an activating group) is 1. The van der Waals surface area contributed by atoms with Gasteiger partial charge < -0.3 is 19.4 Å². The van der Waals surface area contributed by atoms with E-state index in [1.165, 1.54) is 212 Å². The summed E-state index contributed by atoms with van der Waals surface area (Å²) in [5.74, 6) is -0.498. The number of esters is 1. The number of nitrogens with one attached hydrogen (secondary N) is 1. The van der Waals surface area contributed by atoms with Crippen molar-refractivity contribution in [3.63, 3.8) is 0 Å². The number of rotatable bonds is 67. The van der Waals surface area contributed by atoms with Gasteiger partial charge >= 0.3 is 13.8 Å². The molecule has 0 aromatic carbocycles. The first-order chi connectivity index (χ1) is 41.9. The molecule has 0 aliphatic rings. The van der Waals surface area contributed by atoms with Gasteiger partial charge in [-0.15, -0.1) is 0 Å². The number of phosphoric acid groups is 1. The minimum absolute atomic E-state index is 0.0385. The van der Waals surface area contributed by atoms with Crippen LogP contribution in [0, 0.1) is 0 Å². The Morgan fingerprint density at radius 1 is 0.419 bits per heavy atom.